The highest BCUT2D eigenvalue weighted by atomic mass is 19.1. The molecule has 23 heavy (non-hydrogen) atoms. The van der Waals surface area contributed by atoms with Crippen LogP contribution >= 0.6 is 0 Å². The number of hydrogen-bond donors (Lipinski definition) is 1. The van der Waals surface area contributed by atoms with Gasteiger partial charge in [-0.1, -0.05) is 12.1 Å². The maximum Gasteiger partial charge on any atom is 0.253 e. The van der Waals surface area contributed by atoms with Crippen molar-refractivity contribution in [1.29, 1.82) is 0 Å². The standard InChI is InChI=1S/C18H19FN2O2/c19-16-3-1-2-13(10-16)8-14-9-15(12-20-11-14)18(22)21-17-4-6-23-7-5-17/h1-3,9-12,17H,4-8H2,(H,21,22). The van der Waals surface area contributed by atoms with Crippen molar-refractivity contribution in [2.45, 2.75) is 25.3 Å². The molecule has 1 fully saturated rings. The number of carbonyl (C=O) groups excluding carboxylic acids is 1. The maximum absolute atomic E-state index is 13.2. The number of halogens is 1. The number of carbonyl (C=O) groups is 1. The highest BCUT2D eigenvalue weighted by molar-refractivity contribution is 5.94. The SMILES string of the molecule is O=C(NC1CCOCC1)c1cncc(Cc2cccc(F)c2)c1. The highest BCUT2D eigenvalue weighted by Gasteiger charge is 2.17. The third-order valence-corrected chi connectivity index (χ3v) is 3.91. The average Bonchev–Trinajstić information content (AvgIpc) is 2.56. The van der Waals surface area contributed by atoms with E-state index < -0.39 is 0 Å². The van der Waals surface area contributed by atoms with E-state index in [1.807, 2.05) is 12.1 Å². The number of nitrogens with one attached hydrogen (secondary N) is 1. The zero-order chi connectivity index (χ0) is 16.1. The molecule has 1 aromatic heterocycles. The van der Waals surface area contributed by atoms with Crippen molar-refractivity contribution in [1.82, 2.24) is 10.3 Å². The molecular formula is C18H19FN2O2. The largest absolute Gasteiger partial charge is 0.381 e. The van der Waals surface area contributed by atoms with Crippen LogP contribution in [-0.2, 0) is 11.2 Å². The maximum atomic E-state index is 13.2. The van der Waals surface area contributed by atoms with Gasteiger partial charge in [0.05, 0.1) is 5.56 Å². The second-order valence-electron chi connectivity index (χ2n) is 5.75. The Kier molecular flexibility index (Phi) is 4.98. The predicted molar refractivity (Wildman–Crippen MR) is 84.8 cm³/mol. The molecule has 5 heteroatoms. The molecule has 0 radical (unpaired) electrons. The minimum atomic E-state index is -0.260. The quantitative estimate of drug-likeness (QED) is 0.944. The lowest BCUT2D eigenvalue weighted by Gasteiger charge is -2.23. The third kappa shape index (κ3) is 4.36. The molecule has 1 saturated heterocycles. The number of rotatable bonds is 4. The van der Waals surface area contributed by atoms with E-state index >= 15 is 0 Å². The lowest BCUT2D eigenvalue weighted by Crippen LogP contribution is -2.38. The van der Waals surface area contributed by atoms with Gasteiger partial charge in [-0.3, -0.25) is 9.78 Å². The van der Waals surface area contributed by atoms with E-state index in [4.69, 9.17) is 4.74 Å². The summed E-state index contributed by atoms with van der Waals surface area (Å²) in [5, 5.41) is 3.02. The van der Waals surface area contributed by atoms with Crippen LogP contribution in [0.5, 0.6) is 0 Å². The van der Waals surface area contributed by atoms with Crippen molar-refractivity contribution < 1.29 is 13.9 Å². The van der Waals surface area contributed by atoms with E-state index in [-0.39, 0.29) is 17.8 Å². The van der Waals surface area contributed by atoms with Crippen molar-refractivity contribution >= 4 is 5.91 Å². The van der Waals surface area contributed by atoms with Crippen molar-refractivity contribution in [3.63, 3.8) is 0 Å². The topological polar surface area (TPSA) is 51.2 Å². The first-order valence-corrected chi connectivity index (χ1v) is 7.78. The Bertz CT molecular complexity index is 684. The van der Waals surface area contributed by atoms with Crippen LogP contribution in [0.4, 0.5) is 4.39 Å². The molecule has 0 atom stereocenters. The molecule has 1 amide bonds. The normalized spacial score (nSPS) is 15.3. The van der Waals surface area contributed by atoms with Crippen LogP contribution in [0, 0.1) is 5.82 Å². The Labute approximate surface area is 134 Å². The van der Waals surface area contributed by atoms with Gasteiger partial charge in [0.1, 0.15) is 5.82 Å². The summed E-state index contributed by atoms with van der Waals surface area (Å²) < 4.78 is 18.5. The summed E-state index contributed by atoms with van der Waals surface area (Å²) in [5.74, 6) is -0.380. The van der Waals surface area contributed by atoms with Crippen molar-refractivity contribution in [3.8, 4) is 0 Å². The Balaban J connectivity index is 1.67. The molecule has 1 aliphatic heterocycles. The summed E-state index contributed by atoms with van der Waals surface area (Å²) in [5.41, 5.74) is 2.27. The van der Waals surface area contributed by atoms with Crippen molar-refractivity contribution in [2.24, 2.45) is 0 Å². The van der Waals surface area contributed by atoms with Crippen LogP contribution in [0.15, 0.2) is 42.7 Å². The smallest absolute Gasteiger partial charge is 0.253 e. The van der Waals surface area contributed by atoms with Crippen LogP contribution in [0.3, 0.4) is 0 Å². The van der Waals surface area contributed by atoms with Gasteiger partial charge in [0.2, 0.25) is 0 Å². The molecule has 0 spiro atoms. The number of hydrogen-bond acceptors (Lipinski definition) is 3. The van der Waals surface area contributed by atoms with E-state index in [0.717, 1.165) is 24.0 Å². The Morgan fingerprint density at radius 3 is 2.83 bits per heavy atom. The molecule has 0 saturated carbocycles. The second-order valence-corrected chi connectivity index (χ2v) is 5.75. The Morgan fingerprint density at radius 2 is 2.04 bits per heavy atom. The van der Waals surface area contributed by atoms with E-state index in [1.54, 1.807) is 18.5 Å². The number of nitrogens with zero attached hydrogens (tertiary/aromatic N) is 1. The van der Waals surface area contributed by atoms with Gasteiger partial charge in [0.25, 0.3) is 5.91 Å². The number of pyridine rings is 1. The minimum absolute atomic E-state index is 0.120. The number of amides is 1. The highest BCUT2D eigenvalue weighted by Crippen LogP contribution is 2.13. The number of aromatic nitrogens is 1. The van der Waals surface area contributed by atoms with Gasteiger partial charge in [0, 0.05) is 31.6 Å². The van der Waals surface area contributed by atoms with Crippen molar-refractivity contribution in [3.05, 3.63) is 65.2 Å². The molecule has 0 unspecified atom stereocenters. The van der Waals surface area contributed by atoms with Gasteiger partial charge in [-0.15, -0.1) is 0 Å². The molecule has 4 nitrogen and oxygen atoms in total. The first-order valence-electron chi connectivity index (χ1n) is 7.78. The zero-order valence-electron chi connectivity index (χ0n) is 12.8. The number of ether oxygens (including phenoxy) is 1. The molecule has 120 valence electrons. The lowest BCUT2D eigenvalue weighted by atomic mass is 10.0. The van der Waals surface area contributed by atoms with E-state index in [1.165, 1.54) is 12.1 Å². The van der Waals surface area contributed by atoms with Gasteiger partial charge < -0.3 is 10.1 Å². The Morgan fingerprint density at radius 1 is 1.22 bits per heavy atom. The fourth-order valence-electron chi connectivity index (χ4n) is 2.70. The minimum Gasteiger partial charge on any atom is -0.381 e. The van der Waals surface area contributed by atoms with Gasteiger partial charge in [-0.25, -0.2) is 4.39 Å². The molecule has 1 aromatic carbocycles. The van der Waals surface area contributed by atoms with Crippen molar-refractivity contribution in [2.75, 3.05) is 13.2 Å². The van der Waals surface area contributed by atoms with E-state index in [9.17, 15) is 9.18 Å². The molecule has 0 bridgehead atoms. The summed E-state index contributed by atoms with van der Waals surface area (Å²) in [6.45, 7) is 1.37. The average molecular weight is 314 g/mol. The summed E-state index contributed by atoms with van der Waals surface area (Å²) in [6.07, 6.45) is 5.48. The summed E-state index contributed by atoms with van der Waals surface area (Å²) >= 11 is 0. The van der Waals surface area contributed by atoms with Crippen LogP contribution in [0.25, 0.3) is 0 Å². The predicted octanol–water partition coefficient (Wildman–Crippen LogP) is 2.72. The summed E-state index contributed by atoms with van der Waals surface area (Å²) in [7, 11) is 0. The molecule has 2 aromatic rings. The first kappa shape index (κ1) is 15.6. The lowest BCUT2D eigenvalue weighted by molar-refractivity contribution is 0.0696. The molecule has 3 rings (SSSR count). The second kappa shape index (κ2) is 7.33. The monoisotopic (exact) mass is 314 g/mol. The molecule has 2 heterocycles. The molecule has 1 aliphatic rings. The van der Waals surface area contributed by atoms with Crippen LogP contribution in [0.1, 0.15) is 34.3 Å². The first-order chi connectivity index (χ1) is 11.2. The van der Waals surface area contributed by atoms with Gasteiger partial charge in [-0.2, -0.15) is 0 Å². The van der Waals surface area contributed by atoms with Crippen LogP contribution in [-0.4, -0.2) is 30.1 Å². The number of benzene rings is 1. The van der Waals surface area contributed by atoms with E-state index in [0.29, 0.717) is 25.2 Å². The van der Waals surface area contributed by atoms with Crippen LogP contribution in [0.2, 0.25) is 0 Å². The summed E-state index contributed by atoms with van der Waals surface area (Å²) in [4.78, 5) is 16.5. The summed E-state index contributed by atoms with van der Waals surface area (Å²) in [6, 6.07) is 8.42. The van der Waals surface area contributed by atoms with Gasteiger partial charge in [0.15, 0.2) is 0 Å². The molecular weight excluding hydrogens is 295 g/mol. The van der Waals surface area contributed by atoms with Gasteiger partial charge in [-0.05, 0) is 48.6 Å². The molecule has 1 N–H and O–H groups in total. The fourth-order valence-corrected chi connectivity index (χ4v) is 2.70. The van der Waals surface area contributed by atoms with E-state index in [2.05, 4.69) is 10.3 Å². The zero-order valence-corrected chi connectivity index (χ0v) is 12.8. The third-order valence-electron chi connectivity index (χ3n) is 3.91. The fraction of sp³-hybridized carbons (Fsp3) is 0.333. The molecule has 0 aliphatic carbocycles. The Hall–Kier alpha value is -2.27. The van der Waals surface area contributed by atoms with Gasteiger partial charge >= 0.3 is 0 Å². The van der Waals surface area contributed by atoms with Crippen LogP contribution < -0.4 is 5.32 Å².